The molecule has 0 spiro atoms. The molecule has 0 aliphatic rings. The Kier molecular flexibility index (Phi) is 5.17. The summed E-state index contributed by atoms with van der Waals surface area (Å²) < 4.78 is 10.9. The van der Waals surface area contributed by atoms with E-state index >= 15 is 0 Å². The lowest BCUT2D eigenvalue weighted by molar-refractivity contribution is -0.126. The molecule has 5 heteroatoms. The van der Waals surface area contributed by atoms with E-state index in [1.54, 1.807) is 32.2 Å². The average Bonchev–Trinajstić information content (AvgIpc) is 2.39. The highest BCUT2D eigenvalue weighted by molar-refractivity contribution is 5.80. The molecule has 0 bridgehead atoms. The Balaban J connectivity index is 2.93. The van der Waals surface area contributed by atoms with Crippen molar-refractivity contribution in [2.75, 3.05) is 13.7 Å². The fourth-order valence-corrected chi connectivity index (χ4v) is 1.41. The molecule has 1 unspecified atom stereocenters. The van der Waals surface area contributed by atoms with Crippen LogP contribution in [0, 0.1) is 0 Å². The molecule has 1 atom stereocenters. The van der Waals surface area contributed by atoms with Crippen molar-refractivity contribution in [1.82, 2.24) is 5.32 Å². The predicted octanol–water partition coefficient (Wildman–Crippen LogP) is 1.41. The number of aldehydes is 1. The molecule has 0 aliphatic heterocycles. The standard InChI is InChI=1S/C13H17NO4/c1-4-17-12-7-10(8-15)5-6-11(12)18-9(2)13(16)14-3/h5-9H,4H2,1-3H3,(H,14,16). The van der Waals surface area contributed by atoms with Gasteiger partial charge in [-0.3, -0.25) is 9.59 Å². The zero-order valence-corrected chi connectivity index (χ0v) is 10.7. The number of nitrogens with one attached hydrogen (secondary N) is 1. The normalized spacial score (nSPS) is 11.5. The van der Waals surface area contributed by atoms with Gasteiger partial charge in [0.05, 0.1) is 6.61 Å². The lowest BCUT2D eigenvalue weighted by atomic mass is 10.2. The fourth-order valence-electron chi connectivity index (χ4n) is 1.41. The highest BCUT2D eigenvalue weighted by Crippen LogP contribution is 2.28. The quantitative estimate of drug-likeness (QED) is 0.776. The Bertz CT molecular complexity index is 431. The topological polar surface area (TPSA) is 64.6 Å². The Hall–Kier alpha value is -2.04. The summed E-state index contributed by atoms with van der Waals surface area (Å²) in [6.07, 6.45) is 0.102. The van der Waals surface area contributed by atoms with E-state index in [0.29, 0.717) is 23.7 Å². The second-order valence-electron chi connectivity index (χ2n) is 3.63. The zero-order valence-electron chi connectivity index (χ0n) is 10.7. The van der Waals surface area contributed by atoms with E-state index in [9.17, 15) is 9.59 Å². The van der Waals surface area contributed by atoms with E-state index in [0.717, 1.165) is 6.29 Å². The number of hydrogen-bond acceptors (Lipinski definition) is 4. The van der Waals surface area contributed by atoms with Gasteiger partial charge in [0.15, 0.2) is 17.6 Å². The van der Waals surface area contributed by atoms with Gasteiger partial charge in [0.25, 0.3) is 5.91 Å². The number of ether oxygens (including phenoxy) is 2. The third kappa shape index (κ3) is 3.48. The van der Waals surface area contributed by atoms with Crippen LogP contribution >= 0.6 is 0 Å². The summed E-state index contributed by atoms with van der Waals surface area (Å²) in [5, 5.41) is 2.50. The van der Waals surface area contributed by atoms with Crippen LogP contribution in [0.25, 0.3) is 0 Å². The summed E-state index contributed by atoms with van der Waals surface area (Å²) in [5.74, 6) is 0.674. The van der Waals surface area contributed by atoms with Crippen LogP contribution in [0.2, 0.25) is 0 Å². The molecule has 98 valence electrons. The van der Waals surface area contributed by atoms with Crippen molar-refractivity contribution in [3.63, 3.8) is 0 Å². The molecule has 0 heterocycles. The minimum Gasteiger partial charge on any atom is -0.490 e. The van der Waals surface area contributed by atoms with E-state index in [2.05, 4.69) is 5.32 Å². The number of rotatable bonds is 6. The molecule has 1 aromatic carbocycles. The third-order valence-corrected chi connectivity index (χ3v) is 2.32. The summed E-state index contributed by atoms with van der Waals surface area (Å²) in [6, 6.07) is 4.82. The van der Waals surface area contributed by atoms with Gasteiger partial charge < -0.3 is 14.8 Å². The van der Waals surface area contributed by atoms with Gasteiger partial charge in [-0.1, -0.05) is 0 Å². The smallest absolute Gasteiger partial charge is 0.260 e. The monoisotopic (exact) mass is 251 g/mol. The van der Waals surface area contributed by atoms with Crippen LogP contribution in [0.4, 0.5) is 0 Å². The first-order valence-electron chi connectivity index (χ1n) is 5.72. The van der Waals surface area contributed by atoms with Crippen molar-refractivity contribution in [3.05, 3.63) is 23.8 Å². The lowest BCUT2D eigenvalue weighted by Gasteiger charge is -2.16. The average molecular weight is 251 g/mol. The molecule has 0 saturated carbocycles. The van der Waals surface area contributed by atoms with Gasteiger partial charge >= 0.3 is 0 Å². The van der Waals surface area contributed by atoms with Crippen molar-refractivity contribution in [2.24, 2.45) is 0 Å². The Morgan fingerprint density at radius 3 is 2.72 bits per heavy atom. The van der Waals surface area contributed by atoms with Gasteiger partial charge in [-0.05, 0) is 32.0 Å². The molecule has 0 fully saturated rings. The second kappa shape index (κ2) is 6.64. The lowest BCUT2D eigenvalue weighted by Crippen LogP contribution is -2.33. The number of amides is 1. The van der Waals surface area contributed by atoms with Gasteiger partial charge in [-0.25, -0.2) is 0 Å². The molecule has 1 aromatic rings. The van der Waals surface area contributed by atoms with Crippen molar-refractivity contribution in [2.45, 2.75) is 20.0 Å². The maximum absolute atomic E-state index is 11.4. The summed E-state index contributed by atoms with van der Waals surface area (Å²) in [6.45, 7) is 3.93. The van der Waals surface area contributed by atoms with Gasteiger partial charge in [0, 0.05) is 12.6 Å². The van der Waals surface area contributed by atoms with Gasteiger partial charge in [0.2, 0.25) is 0 Å². The summed E-state index contributed by atoms with van der Waals surface area (Å²) in [5.41, 5.74) is 0.499. The van der Waals surface area contributed by atoms with E-state index in [-0.39, 0.29) is 5.91 Å². The van der Waals surface area contributed by atoms with Crippen molar-refractivity contribution >= 4 is 12.2 Å². The predicted molar refractivity (Wildman–Crippen MR) is 67.2 cm³/mol. The minimum atomic E-state index is -0.628. The molecule has 0 radical (unpaired) electrons. The van der Waals surface area contributed by atoms with Crippen molar-refractivity contribution in [3.8, 4) is 11.5 Å². The molecule has 0 saturated heterocycles. The first-order chi connectivity index (χ1) is 8.62. The first kappa shape index (κ1) is 14.0. The maximum atomic E-state index is 11.4. The molecular formula is C13H17NO4. The Morgan fingerprint density at radius 1 is 1.44 bits per heavy atom. The number of benzene rings is 1. The number of carbonyl (C=O) groups is 2. The van der Waals surface area contributed by atoms with E-state index in [1.807, 2.05) is 6.92 Å². The molecule has 18 heavy (non-hydrogen) atoms. The molecule has 0 aromatic heterocycles. The van der Waals surface area contributed by atoms with Crippen molar-refractivity contribution < 1.29 is 19.1 Å². The highest BCUT2D eigenvalue weighted by Gasteiger charge is 2.15. The fraction of sp³-hybridized carbons (Fsp3) is 0.385. The van der Waals surface area contributed by atoms with Crippen LogP contribution in [0.1, 0.15) is 24.2 Å². The van der Waals surface area contributed by atoms with E-state index < -0.39 is 6.10 Å². The Labute approximate surface area is 106 Å². The molecule has 0 aliphatic carbocycles. The van der Waals surface area contributed by atoms with Gasteiger partial charge in [-0.15, -0.1) is 0 Å². The highest BCUT2D eigenvalue weighted by atomic mass is 16.5. The van der Waals surface area contributed by atoms with E-state index in [1.165, 1.54) is 0 Å². The van der Waals surface area contributed by atoms with Crippen LogP contribution in [0.15, 0.2) is 18.2 Å². The molecule has 1 rings (SSSR count). The van der Waals surface area contributed by atoms with Crippen LogP contribution in [-0.4, -0.2) is 32.0 Å². The van der Waals surface area contributed by atoms with Crippen LogP contribution in [0.3, 0.4) is 0 Å². The van der Waals surface area contributed by atoms with Gasteiger partial charge in [-0.2, -0.15) is 0 Å². The van der Waals surface area contributed by atoms with Crippen LogP contribution in [0.5, 0.6) is 11.5 Å². The van der Waals surface area contributed by atoms with Crippen molar-refractivity contribution in [1.29, 1.82) is 0 Å². The second-order valence-corrected chi connectivity index (χ2v) is 3.63. The summed E-state index contributed by atoms with van der Waals surface area (Å²) >= 11 is 0. The third-order valence-electron chi connectivity index (χ3n) is 2.32. The number of carbonyl (C=O) groups excluding carboxylic acids is 2. The largest absolute Gasteiger partial charge is 0.490 e. The zero-order chi connectivity index (χ0) is 13.5. The summed E-state index contributed by atoms with van der Waals surface area (Å²) in [7, 11) is 1.54. The van der Waals surface area contributed by atoms with E-state index in [4.69, 9.17) is 9.47 Å². The minimum absolute atomic E-state index is 0.225. The molecule has 1 N–H and O–H groups in total. The molecular weight excluding hydrogens is 234 g/mol. The first-order valence-corrected chi connectivity index (χ1v) is 5.72. The molecule has 5 nitrogen and oxygen atoms in total. The van der Waals surface area contributed by atoms with Gasteiger partial charge in [0.1, 0.15) is 6.29 Å². The maximum Gasteiger partial charge on any atom is 0.260 e. The molecule has 1 amide bonds. The summed E-state index contributed by atoms with van der Waals surface area (Å²) in [4.78, 5) is 22.1. The SMILES string of the molecule is CCOc1cc(C=O)ccc1OC(C)C(=O)NC. The number of likely N-dealkylation sites (N-methyl/N-ethyl adjacent to an activating group) is 1. The number of hydrogen-bond donors (Lipinski definition) is 1. The Morgan fingerprint density at radius 2 is 2.17 bits per heavy atom. The van der Waals surface area contributed by atoms with Crippen LogP contribution < -0.4 is 14.8 Å². The van der Waals surface area contributed by atoms with Crippen LogP contribution in [-0.2, 0) is 4.79 Å².